The standard InChI is InChI=1S/C57H66N2O4/c1-38-21-9-5-7-11-23-42-25-13-15-27-44(42)52(38)54-56(60)48(33-35-58-54)46-29-17-19-31-50(46)62-40(3)37-41(4)63-51-32-20-18-30-47(51)49-34-36-59-55(57(49)61)53-39(2)22-10-6-8-12-24-43-26-14-16-28-45(43)53/h17-20,23-24,29-36,40-41,60-61H,1-2,5-16,21-22,25-28,37H2,3-4H3/b42-23-,43-24-,52-44+,53-45+/t40-,41?/m0/s1. The minimum Gasteiger partial charge on any atom is -0.505 e. The van der Waals surface area contributed by atoms with E-state index in [0.717, 1.165) is 110 Å². The quantitative estimate of drug-likeness (QED) is 0.165. The molecule has 2 aromatic heterocycles. The molecule has 6 nitrogen and oxygen atoms in total. The molecule has 4 aliphatic rings. The van der Waals surface area contributed by atoms with Crippen LogP contribution in [-0.2, 0) is 0 Å². The predicted molar refractivity (Wildman–Crippen MR) is 259 cm³/mol. The van der Waals surface area contributed by atoms with Gasteiger partial charge in [-0.25, -0.2) is 0 Å². The summed E-state index contributed by atoms with van der Waals surface area (Å²) in [4.78, 5) is 9.68. The highest BCUT2D eigenvalue weighted by molar-refractivity contribution is 5.90. The van der Waals surface area contributed by atoms with E-state index in [0.29, 0.717) is 40.4 Å². The number of para-hydroxylation sites is 2. The van der Waals surface area contributed by atoms with Gasteiger partial charge in [0.2, 0.25) is 0 Å². The first kappa shape index (κ1) is 44.0. The molecule has 2 saturated carbocycles. The van der Waals surface area contributed by atoms with Crippen LogP contribution in [0, 0.1) is 0 Å². The van der Waals surface area contributed by atoms with Gasteiger partial charge in [0.15, 0.2) is 0 Å². The van der Waals surface area contributed by atoms with E-state index in [1.54, 1.807) is 0 Å². The van der Waals surface area contributed by atoms with Crippen molar-refractivity contribution in [2.75, 3.05) is 0 Å². The third-order valence-electron chi connectivity index (χ3n) is 13.5. The third kappa shape index (κ3) is 10.1. The summed E-state index contributed by atoms with van der Waals surface area (Å²) in [6.45, 7) is 13.3. The highest BCUT2D eigenvalue weighted by Crippen LogP contribution is 2.47. The maximum Gasteiger partial charge on any atom is 0.149 e. The van der Waals surface area contributed by atoms with E-state index in [1.807, 2.05) is 73.1 Å². The van der Waals surface area contributed by atoms with Gasteiger partial charge in [0.25, 0.3) is 0 Å². The second-order valence-electron chi connectivity index (χ2n) is 18.2. The molecule has 0 spiro atoms. The molecule has 4 aromatic rings. The van der Waals surface area contributed by atoms with E-state index >= 15 is 0 Å². The summed E-state index contributed by atoms with van der Waals surface area (Å²) < 4.78 is 13.4. The molecule has 2 fully saturated rings. The van der Waals surface area contributed by atoms with Crippen molar-refractivity contribution in [2.24, 2.45) is 0 Å². The number of hydrogen-bond acceptors (Lipinski definition) is 6. The van der Waals surface area contributed by atoms with Gasteiger partial charge in [0, 0.05) is 52.2 Å². The van der Waals surface area contributed by atoms with E-state index in [4.69, 9.17) is 19.4 Å². The minimum atomic E-state index is -0.222. The number of rotatable bonds is 10. The molecule has 0 saturated heterocycles. The van der Waals surface area contributed by atoms with Gasteiger partial charge in [-0.3, -0.25) is 9.97 Å². The Bertz CT molecular complexity index is 2280. The van der Waals surface area contributed by atoms with Crippen LogP contribution in [0.1, 0.15) is 147 Å². The number of benzene rings is 2. The fourth-order valence-corrected chi connectivity index (χ4v) is 10.3. The van der Waals surface area contributed by atoms with E-state index in [2.05, 4.69) is 39.2 Å². The first-order valence-corrected chi connectivity index (χ1v) is 23.9. The van der Waals surface area contributed by atoms with Crippen LogP contribution < -0.4 is 9.47 Å². The van der Waals surface area contributed by atoms with Gasteiger partial charge in [-0.15, -0.1) is 0 Å². The van der Waals surface area contributed by atoms with E-state index in [-0.39, 0.29) is 23.7 Å². The Labute approximate surface area is 375 Å². The van der Waals surface area contributed by atoms with E-state index < -0.39 is 0 Å². The number of aromatic hydroxyl groups is 2. The zero-order valence-electron chi connectivity index (χ0n) is 37.7. The molecule has 2 heterocycles. The Hall–Kier alpha value is -5.62. The number of nitrogens with zero attached hydrogens (tertiary/aromatic N) is 2. The van der Waals surface area contributed by atoms with Crippen molar-refractivity contribution in [3.63, 3.8) is 0 Å². The van der Waals surface area contributed by atoms with Gasteiger partial charge in [-0.05, 0) is 174 Å². The zero-order valence-corrected chi connectivity index (χ0v) is 37.7. The van der Waals surface area contributed by atoms with Crippen LogP contribution in [0.15, 0.2) is 132 Å². The Morgan fingerprint density at radius 2 is 0.921 bits per heavy atom. The summed E-state index contributed by atoms with van der Waals surface area (Å²) in [7, 11) is 0. The summed E-state index contributed by atoms with van der Waals surface area (Å²) in [5.74, 6) is 1.71. The Balaban J connectivity index is 1.03. The fraction of sp³-hybridized carbons (Fsp3) is 0.404. The molecule has 328 valence electrons. The van der Waals surface area contributed by atoms with Crippen LogP contribution in [0.5, 0.6) is 23.0 Å². The average molecular weight is 843 g/mol. The van der Waals surface area contributed by atoms with Crippen LogP contribution in [0.25, 0.3) is 33.4 Å². The molecule has 0 amide bonds. The highest BCUT2D eigenvalue weighted by Gasteiger charge is 2.27. The molecule has 0 aliphatic heterocycles. The number of hydrogen-bond donors (Lipinski definition) is 2. The summed E-state index contributed by atoms with van der Waals surface area (Å²) in [5, 5.41) is 24.3. The monoisotopic (exact) mass is 843 g/mol. The van der Waals surface area contributed by atoms with Crippen LogP contribution >= 0.6 is 0 Å². The smallest absolute Gasteiger partial charge is 0.149 e. The number of ether oxygens (including phenoxy) is 2. The van der Waals surface area contributed by atoms with Gasteiger partial charge < -0.3 is 19.7 Å². The molecular formula is C57H66N2O4. The van der Waals surface area contributed by atoms with E-state index in [1.165, 1.54) is 60.8 Å². The summed E-state index contributed by atoms with van der Waals surface area (Å²) in [6, 6.07) is 19.6. The van der Waals surface area contributed by atoms with Gasteiger partial charge in [-0.1, -0.05) is 74.5 Å². The van der Waals surface area contributed by atoms with Gasteiger partial charge >= 0.3 is 0 Å². The van der Waals surface area contributed by atoms with Crippen molar-refractivity contribution in [2.45, 2.75) is 148 Å². The molecular weight excluding hydrogens is 777 g/mol. The van der Waals surface area contributed by atoms with Crippen molar-refractivity contribution in [3.8, 4) is 45.3 Å². The minimum absolute atomic E-state index is 0.167. The Morgan fingerprint density at radius 1 is 0.508 bits per heavy atom. The number of pyridine rings is 2. The molecule has 63 heavy (non-hydrogen) atoms. The lowest BCUT2D eigenvalue weighted by Crippen LogP contribution is -2.23. The van der Waals surface area contributed by atoms with Crippen molar-refractivity contribution >= 4 is 11.1 Å². The topological polar surface area (TPSA) is 84.7 Å². The molecule has 0 radical (unpaired) electrons. The number of aromatic nitrogens is 2. The second-order valence-corrected chi connectivity index (χ2v) is 18.2. The molecule has 2 N–H and O–H groups in total. The lowest BCUT2D eigenvalue weighted by atomic mass is 9.80. The summed E-state index contributed by atoms with van der Waals surface area (Å²) in [6.07, 6.45) is 28.3. The van der Waals surface area contributed by atoms with Crippen LogP contribution in [0.4, 0.5) is 0 Å². The molecule has 6 heteroatoms. The molecule has 2 aromatic carbocycles. The number of allylic oxidation sites excluding steroid dienone is 10. The SMILES string of the molecule is C=C1CCCCC/C=C2/CCCC/C2=C/1c1nccc(-c2ccccc2OC(C)C[C@H](C)Oc2ccccc2-c2ccnc(/C3=C4\CCCC\C4=C\CCCCCC3=C)c2O)c1O. The van der Waals surface area contributed by atoms with Crippen LogP contribution in [-0.4, -0.2) is 32.4 Å². The molecule has 0 bridgehead atoms. The van der Waals surface area contributed by atoms with Crippen LogP contribution in [0.2, 0.25) is 0 Å². The van der Waals surface area contributed by atoms with Crippen molar-refractivity contribution in [1.29, 1.82) is 0 Å². The lowest BCUT2D eigenvalue weighted by molar-refractivity contribution is 0.131. The van der Waals surface area contributed by atoms with E-state index in [9.17, 15) is 10.2 Å². The average Bonchev–Trinajstić information content (AvgIpc) is 3.28. The number of fused-ring (bicyclic) bond motifs is 2. The van der Waals surface area contributed by atoms with Crippen LogP contribution in [0.3, 0.4) is 0 Å². The fourth-order valence-electron chi connectivity index (χ4n) is 10.3. The summed E-state index contributed by atoms with van der Waals surface area (Å²) >= 11 is 0. The van der Waals surface area contributed by atoms with Crippen molar-refractivity contribution in [3.05, 3.63) is 143 Å². The maximum atomic E-state index is 12.1. The molecule has 1 unspecified atom stereocenters. The van der Waals surface area contributed by atoms with Gasteiger partial charge in [0.1, 0.15) is 34.4 Å². The Morgan fingerprint density at radius 3 is 1.38 bits per heavy atom. The summed E-state index contributed by atoms with van der Waals surface area (Å²) in [5.41, 5.74) is 13.8. The first-order chi connectivity index (χ1) is 30.8. The second kappa shape index (κ2) is 20.7. The van der Waals surface area contributed by atoms with Crippen molar-refractivity contribution in [1.82, 2.24) is 9.97 Å². The predicted octanol–water partition coefficient (Wildman–Crippen LogP) is 15.4. The molecule has 2 atom stereocenters. The third-order valence-corrected chi connectivity index (χ3v) is 13.5. The zero-order chi connectivity index (χ0) is 43.7. The Kier molecular flexibility index (Phi) is 14.5. The van der Waals surface area contributed by atoms with Crippen molar-refractivity contribution < 1.29 is 19.7 Å². The largest absolute Gasteiger partial charge is 0.505 e. The lowest BCUT2D eigenvalue weighted by Gasteiger charge is -2.26. The highest BCUT2D eigenvalue weighted by atomic mass is 16.5. The first-order valence-electron chi connectivity index (χ1n) is 23.9. The van der Waals surface area contributed by atoms with Gasteiger partial charge in [-0.2, -0.15) is 0 Å². The maximum absolute atomic E-state index is 12.1. The molecule has 4 aliphatic carbocycles. The normalized spacial score (nSPS) is 22.9. The molecule has 8 rings (SSSR count). The van der Waals surface area contributed by atoms with Gasteiger partial charge in [0.05, 0.1) is 12.2 Å².